The van der Waals surface area contributed by atoms with E-state index in [1.807, 2.05) is 23.9 Å². The molecule has 2 rings (SSSR count). The first-order valence-corrected chi connectivity index (χ1v) is 5.96. The van der Waals surface area contributed by atoms with Crippen LogP contribution in [0.25, 0.3) is 0 Å². The molecule has 3 N–H and O–H groups in total. The topological polar surface area (TPSA) is 50.9 Å². The molecule has 1 saturated heterocycles. The normalized spacial score (nSPS) is 21.0. The van der Waals surface area contributed by atoms with Gasteiger partial charge in [-0.25, -0.2) is 4.98 Å². The number of pyridine rings is 1. The van der Waals surface area contributed by atoms with E-state index in [2.05, 4.69) is 10.3 Å². The SMILES string of the molecule is Nc1ccc(NCC2CCCS2)nc1. The van der Waals surface area contributed by atoms with Gasteiger partial charge in [-0.15, -0.1) is 0 Å². The molecule has 0 bridgehead atoms. The molecule has 2 heterocycles. The minimum absolute atomic E-state index is 0.714. The van der Waals surface area contributed by atoms with Gasteiger partial charge in [-0.2, -0.15) is 11.8 Å². The number of anilines is 2. The zero-order valence-electron chi connectivity index (χ0n) is 8.07. The van der Waals surface area contributed by atoms with E-state index in [1.165, 1.54) is 18.6 Å². The molecule has 14 heavy (non-hydrogen) atoms. The second kappa shape index (κ2) is 4.55. The monoisotopic (exact) mass is 209 g/mol. The highest BCUT2D eigenvalue weighted by Gasteiger charge is 2.14. The van der Waals surface area contributed by atoms with E-state index in [9.17, 15) is 0 Å². The molecule has 4 heteroatoms. The van der Waals surface area contributed by atoms with Gasteiger partial charge in [0.25, 0.3) is 0 Å². The fraction of sp³-hybridized carbons (Fsp3) is 0.500. The predicted molar refractivity (Wildman–Crippen MR) is 62.6 cm³/mol. The van der Waals surface area contributed by atoms with E-state index >= 15 is 0 Å². The largest absolute Gasteiger partial charge is 0.397 e. The van der Waals surface area contributed by atoms with Crippen LogP contribution in [0, 0.1) is 0 Å². The molecule has 0 radical (unpaired) electrons. The standard InChI is InChI=1S/C10H15N3S/c11-8-3-4-10(12-6-8)13-7-9-2-1-5-14-9/h3-4,6,9H,1-2,5,7,11H2,(H,12,13). The average Bonchev–Trinajstić information content (AvgIpc) is 2.70. The molecule has 0 saturated carbocycles. The fourth-order valence-corrected chi connectivity index (χ4v) is 2.73. The Morgan fingerprint density at radius 3 is 3.14 bits per heavy atom. The zero-order valence-corrected chi connectivity index (χ0v) is 8.89. The Bertz CT molecular complexity index is 280. The third-order valence-electron chi connectivity index (χ3n) is 2.32. The van der Waals surface area contributed by atoms with Crippen molar-refractivity contribution in [3.05, 3.63) is 18.3 Å². The molecular formula is C10H15N3S. The van der Waals surface area contributed by atoms with Gasteiger partial charge in [-0.05, 0) is 30.7 Å². The lowest BCUT2D eigenvalue weighted by molar-refractivity contribution is 0.803. The Morgan fingerprint density at radius 2 is 2.50 bits per heavy atom. The minimum Gasteiger partial charge on any atom is -0.397 e. The smallest absolute Gasteiger partial charge is 0.126 e. The summed E-state index contributed by atoms with van der Waals surface area (Å²) in [5.74, 6) is 2.23. The molecule has 1 aromatic rings. The van der Waals surface area contributed by atoms with Crippen molar-refractivity contribution in [1.29, 1.82) is 0 Å². The van der Waals surface area contributed by atoms with Crippen LogP contribution in [0.1, 0.15) is 12.8 Å². The fourth-order valence-electron chi connectivity index (χ4n) is 1.53. The maximum Gasteiger partial charge on any atom is 0.126 e. The third-order valence-corrected chi connectivity index (χ3v) is 3.72. The Balaban J connectivity index is 1.82. The van der Waals surface area contributed by atoms with Crippen molar-refractivity contribution in [3.63, 3.8) is 0 Å². The number of rotatable bonds is 3. The van der Waals surface area contributed by atoms with Crippen LogP contribution in [0.2, 0.25) is 0 Å². The average molecular weight is 209 g/mol. The lowest BCUT2D eigenvalue weighted by atomic mass is 10.2. The van der Waals surface area contributed by atoms with Crippen LogP contribution in [0.15, 0.2) is 18.3 Å². The highest BCUT2D eigenvalue weighted by molar-refractivity contribution is 8.00. The van der Waals surface area contributed by atoms with Gasteiger partial charge in [0.2, 0.25) is 0 Å². The van der Waals surface area contributed by atoms with Crippen LogP contribution in [0.5, 0.6) is 0 Å². The number of nitrogen functional groups attached to an aromatic ring is 1. The van der Waals surface area contributed by atoms with Crippen LogP contribution in [0.3, 0.4) is 0 Å². The molecule has 0 amide bonds. The van der Waals surface area contributed by atoms with E-state index in [0.29, 0.717) is 5.69 Å². The van der Waals surface area contributed by atoms with Gasteiger partial charge in [-0.3, -0.25) is 0 Å². The maximum absolute atomic E-state index is 5.55. The predicted octanol–water partition coefficient (Wildman–Crippen LogP) is 1.97. The van der Waals surface area contributed by atoms with Gasteiger partial charge in [0.1, 0.15) is 5.82 Å². The van der Waals surface area contributed by atoms with Crippen molar-refractivity contribution in [1.82, 2.24) is 4.98 Å². The molecule has 1 fully saturated rings. The Labute approximate surface area is 88.5 Å². The van der Waals surface area contributed by atoms with Crippen molar-refractivity contribution in [2.45, 2.75) is 18.1 Å². The Hall–Kier alpha value is -0.900. The van der Waals surface area contributed by atoms with Crippen LogP contribution < -0.4 is 11.1 Å². The molecule has 1 aliphatic rings. The Kier molecular flexibility index (Phi) is 3.14. The summed E-state index contributed by atoms with van der Waals surface area (Å²) in [5, 5.41) is 4.08. The van der Waals surface area contributed by atoms with Gasteiger partial charge in [-0.1, -0.05) is 0 Å². The summed E-state index contributed by atoms with van der Waals surface area (Å²) in [4.78, 5) is 4.19. The summed E-state index contributed by atoms with van der Waals surface area (Å²) >= 11 is 2.05. The number of aromatic nitrogens is 1. The first-order chi connectivity index (χ1) is 6.84. The summed E-state index contributed by atoms with van der Waals surface area (Å²) in [6.07, 6.45) is 4.36. The summed E-state index contributed by atoms with van der Waals surface area (Å²) in [7, 11) is 0. The van der Waals surface area contributed by atoms with Crippen molar-refractivity contribution < 1.29 is 0 Å². The molecular weight excluding hydrogens is 194 g/mol. The summed E-state index contributed by atoms with van der Waals surface area (Å²) in [6, 6.07) is 3.80. The molecule has 0 aliphatic carbocycles. The molecule has 1 aromatic heterocycles. The third kappa shape index (κ3) is 2.54. The zero-order chi connectivity index (χ0) is 9.80. The first-order valence-electron chi connectivity index (χ1n) is 4.91. The van der Waals surface area contributed by atoms with Crippen LogP contribution in [0.4, 0.5) is 11.5 Å². The van der Waals surface area contributed by atoms with Crippen LogP contribution >= 0.6 is 11.8 Å². The van der Waals surface area contributed by atoms with Crippen molar-refractivity contribution in [3.8, 4) is 0 Å². The Morgan fingerprint density at radius 1 is 1.57 bits per heavy atom. The highest BCUT2D eigenvalue weighted by Crippen LogP contribution is 2.26. The second-order valence-corrected chi connectivity index (χ2v) is 4.90. The molecule has 1 unspecified atom stereocenters. The molecule has 0 spiro atoms. The summed E-state index contributed by atoms with van der Waals surface area (Å²) in [5.41, 5.74) is 6.26. The van der Waals surface area contributed by atoms with E-state index in [1.54, 1.807) is 6.20 Å². The molecule has 0 aromatic carbocycles. The second-order valence-electron chi connectivity index (χ2n) is 3.49. The minimum atomic E-state index is 0.714. The van der Waals surface area contributed by atoms with Gasteiger partial charge in [0.15, 0.2) is 0 Å². The number of thioether (sulfide) groups is 1. The summed E-state index contributed by atoms with van der Waals surface area (Å²) < 4.78 is 0. The number of hydrogen-bond donors (Lipinski definition) is 2. The lowest BCUT2D eigenvalue weighted by Gasteiger charge is -2.10. The van der Waals surface area contributed by atoms with Crippen LogP contribution in [-0.2, 0) is 0 Å². The van der Waals surface area contributed by atoms with E-state index in [0.717, 1.165) is 17.6 Å². The van der Waals surface area contributed by atoms with E-state index < -0.39 is 0 Å². The van der Waals surface area contributed by atoms with Gasteiger partial charge in [0.05, 0.1) is 11.9 Å². The quantitative estimate of drug-likeness (QED) is 0.799. The molecule has 1 atom stereocenters. The van der Waals surface area contributed by atoms with E-state index in [4.69, 9.17) is 5.73 Å². The first kappa shape index (κ1) is 9.65. The lowest BCUT2D eigenvalue weighted by Crippen LogP contribution is -2.14. The molecule has 1 aliphatic heterocycles. The van der Waals surface area contributed by atoms with Gasteiger partial charge >= 0.3 is 0 Å². The maximum atomic E-state index is 5.55. The number of hydrogen-bond acceptors (Lipinski definition) is 4. The van der Waals surface area contributed by atoms with Gasteiger partial charge in [0, 0.05) is 11.8 Å². The molecule has 76 valence electrons. The number of nitrogens with zero attached hydrogens (tertiary/aromatic N) is 1. The van der Waals surface area contributed by atoms with Crippen molar-refractivity contribution in [2.24, 2.45) is 0 Å². The summed E-state index contributed by atoms with van der Waals surface area (Å²) in [6.45, 7) is 1.02. The number of nitrogens with two attached hydrogens (primary N) is 1. The number of nitrogens with one attached hydrogen (secondary N) is 1. The van der Waals surface area contributed by atoms with Gasteiger partial charge < -0.3 is 11.1 Å². The van der Waals surface area contributed by atoms with Crippen molar-refractivity contribution in [2.75, 3.05) is 23.3 Å². The highest BCUT2D eigenvalue weighted by atomic mass is 32.2. The van der Waals surface area contributed by atoms with E-state index in [-0.39, 0.29) is 0 Å². The van der Waals surface area contributed by atoms with Crippen molar-refractivity contribution >= 4 is 23.3 Å². The molecule has 3 nitrogen and oxygen atoms in total. The van der Waals surface area contributed by atoms with Crippen LogP contribution in [-0.4, -0.2) is 22.5 Å².